The highest BCUT2D eigenvalue weighted by Crippen LogP contribution is 2.25. The molecule has 1 aromatic rings. The van der Waals surface area contributed by atoms with Crippen molar-refractivity contribution in [2.24, 2.45) is 5.92 Å². The van der Waals surface area contributed by atoms with Gasteiger partial charge in [0.1, 0.15) is 0 Å². The fraction of sp³-hybridized carbons (Fsp3) is 0.692. The Hall–Kier alpha value is 0.200. The second-order valence-electron chi connectivity index (χ2n) is 4.72. The first-order valence-electron chi connectivity index (χ1n) is 6.44. The van der Waals surface area contributed by atoms with Crippen LogP contribution in [0, 0.1) is 5.92 Å². The van der Waals surface area contributed by atoms with Crippen molar-refractivity contribution < 1.29 is 0 Å². The molecule has 0 radical (unpaired) electrons. The van der Waals surface area contributed by atoms with E-state index >= 15 is 0 Å². The zero-order valence-electron chi connectivity index (χ0n) is 10.8. The van der Waals surface area contributed by atoms with Crippen LogP contribution in [-0.2, 0) is 6.54 Å². The maximum Gasteiger partial charge on any atom is 0.0558 e. The third kappa shape index (κ3) is 4.71. The maximum absolute atomic E-state index is 6.13. The lowest BCUT2D eigenvalue weighted by atomic mass is 9.97. The van der Waals surface area contributed by atoms with Gasteiger partial charge in [0.2, 0.25) is 0 Å². The van der Waals surface area contributed by atoms with Crippen LogP contribution in [0.2, 0.25) is 5.02 Å². The van der Waals surface area contributed by atoms with Crippen LogP contribution in [0.25, 0.3) is 0 Å². The molecule has 0 amide bonds. The van der Waals surface area contributed by atoms with E-state index in [0.717, 1.165) is 24.0 Å². The molecule has 5 heteroatoms. The molecule has 0 bridgehead atoms. The topological polar surface area (TPSA) is 15.3 Å². The minimum atomic E-state index is 0. The standard InChI is InChI=1S/C13H21ClN2S.ClH/c1-2-15-9-11-3-6-16(7-4-11)10-13-12(14)5-8-17-13;/h5,8,11,15H,2-4,6-7,9-10H2,1H3;1H. The molecule has 1 aliphatic heterocycles. The van der Waals surface area contributed by atoms with Crippen molar-refractivity contribution in [1.82, 2.24) is 10.2 Å². The zero-order chi connectivity index (χ0) is 12.1. The Labute approximate surface area is 125 Å². The van der Waals surface area contributed by atoms with Crippen molar-refractivity contribution >= 4 is 35.3 Å². The average Bonchev–Trinajstić information content (AvgIpc) is 2.74. The van der Waals surface area contributed by atoms with Gasteiger partial charge in [-0.15, -0.1) is 23.7 Å². The predicted molar refractivity (Wildman–Crippen MR) is 83.1 cm³/mol. The Kier molecular flexibility index (Phi) is 7.57. The van der Waals surface area contributed by atoms with Gasteiger partial charge in [0.25, 0.3) is 0 Å². The maximum atomic E-state index is 6.13. The van der Waals surface area contributed by atoms with E-state index in [9.17, 15) is 0 Å². The van der Waals surface area contributed by atoms with Crippen molar-refractivity contribution in [1.29, 1.82) is 0 Å². The number of likely N-dealkylation sites (tertiary alicyclic amines) is 1. The summed E-state index contributed by atoms with van der Waals surface area (Å²) in [4.78, 5) is 3.84. The van der Waals surface area contributed by atoms with E-state index in [1.807, 2.05) is 6.07 Å². The number of hydrogen-bond donors (Lipinski definition) is 1. The predicted octanol–water partition coefficient (Wildman–Crippen LogP) is 3.64. The second kappa shape index (κ2) is 8.39. The van der Waals surface area contributed by atoms with Crippen LogP contribution in [-0.4, -0.2) is 31.1 Å². The number of nitrogens with one attached hydrogen (secondary N) is 1. The number of nitrogens with zero attached hydrogens (tertiary/aromatic N) is 1. The summed E-state index contributed by atoms with van der Waals surface area (Å²) in [5.41, 5.74) is 0. The largest absolute Gasteiger partial charge is 0.317 e. The van der Waals surface area contributed by atoms with E-state index in [-0.39, 0.29) is 12.4 Å². The summed E-state index contributed by atoms with van der Waals surface area (Å²) in [6.07, 6.45) is 2.63. The third-order valence-electron chi connectivity index (χ3n) is 3.45. The number of hydrogen-bond acceptors (Lipinski definition) is 3. The molecular formula is C13H22Cl2N2S. The molecule has 2 rings (SSSR count). The van der Waals surface area contributed by atoms with Crippen molar-refractivity contribution in [2.75, 3.05) is 26.2 Å². The molecule has 1 fully saturated rings. The van der Waals surface area contributed by atoms with Gasteiger partial charge in [-0.05, 0) is 56.4 Å². The Morgan fingerprint density at radius 1 is 1.44 bits per heavy atom. The summed E-state index contributed by atoms with van der Waals surface area (Å²) >= 11 is 7.90. The molecule has 104 valence electrons. The van der Waals surface area contributed by atoms with E-state index in [2.05, 4.69) is 22.5 Å². The van der Waals surface area contributed by atoms with Crippen LogP contribution in [0.3, 0.4) is 0 Å². The fourth-order valence-corrected chi connectivity index (χ4v) is 3.48. The van der Waals surface area contributed by atoms with Crippen molar-refractivity contribution in [3.63, 3.8) is 0 Å². The van der Waals surface area contributed by atoms with Gasteiger partial charge in [-0.3, -0.25) is 4.90 Å². The van der Waals surface area contributed by atoms with Gasteiger partial charge in [-0.1, -0.05) is 18.5 Å². The smallest absolute Gasteiger partial charge is 0.0558 e. The highest BCUT2D eigenvalue weighted by Gasteiger charge is 2.19. The Morgan fingerprint density at radius 3 is 2.72 bits per heavy atom. The lowest BCUT2D eigenvalue weighted by Crippen LogP contribution is -2.36. The zero-order valence-corrected chi connectivity index (χ0v) is 13.2. The summed E-state index contributed by atoms with van der Waals surface area (Å²) in [6.45, 7) is 7.90. The molecule has 2 nitrogen and oxygen atoms in total. The van der Waals surface area contributed by atoms with Crippen LogP contribution in [0.4, 0.5) is 0 Å². The van der Waals surface area contributed by atoms with Gasteiger partial charge in [0, 0.05) is 11.4 Å². The van der Waals surface area contributed by atoms with Gasteiger partial charge in [-0.25, -0.2) is 0 Å². The van der Waals surface area contributed by atoms with Crippen LogP contribution in [0.15, 0.2) is 11.4 Å². The van der Waals surface area contributed by atoms with Gasteiger partial charge in [0.15, 0.2) is 0 Å². The second-order valence-corrected chi connectivity index (χ2v) is 6.13. The molecule has 1 saturated heterocycles. The molecule has 0 saturated carbocycles. The highest BCUT2D eigenvalue weighted by molar-refractivity contribution is 7.10. The van der Waals surface area contributed by atoms with E-state index in [1.54, 1.807) is 11.3 Å². The molecule has 0 atom stereocenters. The summed E-state index contributed by atoms with van der Waals surface area (Å²) in [5.74, 6) is 0.866. The summed E-state index contributed by atoms with van der Waals surface area (Å²) < 4.78 is 0. The van der Waals surface area contributed by atoms with E-state index in [1.165, 1.54) is 37.4 Å². The minimum absolute atomic E-state index is 0. The first-order chi connectivity index (χ1) is 8.29. The van der Waals surface area contributed by atoms with Gasteiger partial charge < -0.3 is 5.32 Å². The van der Waals surface area contributed by atoms with Gasteiger partial charge in [0.05, 0.1) is 5.02 Å². The quantitative estimate of drug-likeness (QED) is 0.893. The molecule has 0 aliphatic carbocycles. The molecule has 18 heavy (non-hydrogen) atoms. The molecular weight excluding hydrogens is 287 g/mol. The van der Waals surface area contributed by atoms with Crippen LogP contribution in [0.5, 0.6) is 0 Å². The van der Waals surface area contributed by atoms with Crippen LogP contribution < -0.4 is 5.32 Å². The van der Waals surface area contributed by atoms with Gasteiger partial charge >= 0.3 is 0 Å². The number of rotatable bonds is 5. The molecule has 0 aromatic carbocycles. The average molecular weight is 309 g/mol. The van der Waals surface area contributed by atoms with Crippen molar-refractivity contribution in [2.45, 2.75) is 26.3 Å². The minimum Gasteiger partial charge on any atom is -0.317 e. The summed E-state index contributed by atoms with van der Waals surface area (Å²) in [6, 6.07) is 2.00. The third-order valence-corrected chi connectivity index (χ3v) is 4.82. The van der Waals surface area contributed by atoms with E-state index in [4.69, 9.17) is 11.6 Å². The first-order valence-corrected chi connectivity index (χ1v) is 7.70. The van der Waals surface area contributed by atoms with Crippen molar-refractivity contribution in [3.05, 3.63) is 21.3 Å². The summed E-state index contributed by atoms with van der Waals surface area (Å²) in [7, 11) is 0. The lowest BCUT2D eigenvalue weighted by molar-refractivity contribution is 0.177. The molecule has 1 aliphatic rings. The lowest BCUT2D eigenvalue weighted by Gasteiger charge is -2.31. The Morgan fingerprint density at radius 2 is 2.17 bits per heavy atom. The number of halogens is 2. The van der Waals surface area contributed by atoms with Crippen LogP contribution in [0.1, 0.15) is 24.6 Å². The number of thiophene rings is 1. The normalized spacial score (nSPS) is 17.7. The Balaban J connectivity index is 0.00000162. The molecule has 1 aromatic heterocycles. The number of piperidine rings is 1. The van der Waals surface area contributed by atoms with E-state index in [0.29, 0.717) is 0 Å². The SMILES string of the molecule is CCNCC1CCN(Cc2sccc2Cl)CC1.Cl. The Bertz CT molecular complexity index is 335. The van der Waals surface area contributed by atoms with E-state index < -0.39 is 0 Å². The van der Waals surface area contributed by atoms with Crippen LogP contribution >= 0.6 is 35.3 Å². The van der Waals surface area contributed by atoms with Gasteiger partial charge in [-0.2, -0.15) is 0 Å². The molecule has 0 spiro atoms. The summed E-state index contributed by atoms with van der Waals surface area (Å²) in [5, 5.41) is 6.46. The monoisotopic (exact) mass is 308 g/mol. The molecule has 0 unspecified atom stereocenters. The highest BCUT2D eigenvalue weighted by atomic mass is 35.5. The fourth-order valence-electron chi connectivity index (χ4n) is 2.34. The first kappa shape index (κ1) is 16.3. The van der Waals surface area contributed by atoms with Crippen molar-refractivity contribution in [3.8, 4) is 0 Å². The molecule has 2 heterocycles. The molecule has 1 N–H and O–H groups in total.